The summed E-state index contributed by atoms with van der Waals surface area (Å²) in [5, 5.41) is 17.3. The number of benzene rings is 4. The average molecular weight is 1050 g/mol. The number of anilines is 7. The van der Waals surface area contributed by atoms with E-state index in [0.29, 0.717) is 76.3 Å². The third-order valence-electron chi connectivity index (χ3n) is 17.6. The second-order valence-corrected chi connectivity index (χ2v) is 22.9. The zero-order valence-corrected chi connectivity index (χ0v) is 44.7. The van der Waals surface area contributed by atoms with Crippen LogP contribution in [0.4, 0.5) is 41.1 Å². The van der Waals surface area contributed by atoms with E-state index in [0.717, 1.165) is 51.7 Å². The van der Waals surface area contributed by atoms with Gasteiger partial charge in [0.15, 0.2) is 23.1 Å². The minimum atomic E-state index is -0.385. The van der Waals surface area contributed by atoms with Crippen LogP contribution in [0.1, 0.15) is 204 Å². The van der Waals surface area contributed by atoms with E-state index < -0.39 is 0 Å². The fraction of sp³-hybridized carbons (Fsp3) is 0.460. The lowest BCUT2D eigenvalue weighted by atomic mass is 9.75. The first kappa shape index (κ1) is 51.3. The maximum Gasteiger partial charge on any atom is 0.233 e. The summed E-state index contributed by atoms with van der Waals surface area (Å²) in [4.78, 5) is 89.8. The highest BCUT2D eigenvalue weighted by atomic mass is 16.1. The minimum Gasteiger partial charge on any atom is -0.354 e. The van der Waals surface area contributed by atoms with Gasteiger partial charge in [-0.05, 0) is 91.9 Å². The maximum absolute atomic E-state index is 15.2. The molecule has 0 bridgehead atoms. The predicted molar refractivity (Wildman–Crippen MR) is 305 cm³/mol. The van der Waals surface area contributed by atoms with Crippen LogP contribution < -0.4 is 26.6 Å². The van der Waals surface area contributed by atoms with Gasteiger partial charge in [0.05, 0.1) is 22.5 Å². The van der Waals surface area contributed by atoms with Gasteiger partial charge in [-0.1, -0.05) is 151 Å². The molecule has 4 saturated carbocycles. The first-order valence-corrected chi connectivity index (χ1v) is 29.3. The fourth-order valence-electron chi connectivity index (χ4n) is 13.3. The fourth-order valence-corrected chi connectivity index (χ4v) is 13.3. The highest BCUT2D eigenvalue weighted by Gasteiger charge is 2.39. The SMILES string of the molecule is O=C1c2ccccc2C(=O)c2c(-c3ccc(Nc4nc(NCC5CCCCC5)nc(NCC5CCCCC5)n4)c4c3C(=O)c3ccccc3C4=O)ccc(Nc3nc(CCC4CCCCC4)nc(NCC4CCCCC4)n3)c21. The molecule has 0 saturated heterocycles. The Labute approximate surface area is 456 Å². The number of nitrogens with zero attached hydrogens (tertiary/aromatic N) is 6. The second-order valence-electron chi connectivity index (χ2n) is 22.9. The van der Waals surface area contributed by atoms with Gasteiger partial charge in [-0.3, -0.25) is 19.2 Å². The van der Waals surface area contributed by atoms with Gasteiger partial charge >= 0.3 is 0 Å². The molecule has 78 heavy (non-hydrogen) atoms. The molecule has 6 aliphatic rings. The Kier molecular flexibility index (Phi) is 15.3. The van der Waals surface area contributed by atoms with Crippen LogP contribution in [-0.2, 0) is 6.42 Å². The maximum atomic E-state index is 15.2. The van der Waals surface area contributed by atoms with Crippen LogP contribution in [0, 0.1) is 23.7 Å². The molecule has 2 aromatic heterocycles. The standard InChI is InChI=1S/C63H71N11O4/c75-55-44-25-13-15-27-46(44)57(77)53-48(67-62-70-50(34-29-38-17-5-1-6-18-38)69-59(72-62)64-35-39-19-7-2-8-20-39)32-30-42(51(53)55)43-31-33-49(54-52(43)56(76)45-26-14-16-28-47(45)58(54)78)68-63-73-60(65-36-40-21-9-3-10-22-40)71-61(74-63)66-37-41-23-11-4-12-24-41/h13-16,25-28,30-33,38-41H,1-12,17-24,29,34-37H2,(H2,64,67,69,70,72)(H3,65,66,68,71,73,74). The van der Waals surface area contributed by atoms with Crippen LogP contribution in [0.3, 0.4) is 0 Å². The third kappa shape index (κ3) is 11.0. The summed E-state index contributed by atoms with van der Waals surface area (Å²) in [5.41, 5.74) is 2.87. The molecule has 15 nitrogen and oxygen atoms in total. The summed E-state index contributed by atoms with van der Waals surface area (Å²) in [6.45, 7) is 2.23. The topological polar surface area (TPSA) is 206 Å². The molecule has 0 aliphatic heterocycles. The Balaban J connectivity index is 0.937. The Bertz CT molecular complexity index is 2950. The largest absolute Gasteiger partial charge is 0.354 e. The summed E-state index contributed by atoms with van der Waals surface area (Å²) >= 11 is 0. The Morgan fingerprint density at radius 2 is 0.654 bits per heavy atom. The highest BCUT2D eigenvalue weighted by Crippen LogP contribution is 2.45. The molecule has 6 aliphatic carbocycles. The van der Waals surface area contributed by atoms with Crippen molar-refractivity contribution in [3.63, 3.8) is 0 Å². The van der Waals surface area contributed by atoms with E-state index in [1.165, 1.54) is 103 Å². The van der Waals surface area contributed by atoms with Gasteiger partial charge in [-0.25, -0.2) is 0 Å². The molecule has 0 amide bonds. The van der Waals surface area contributed by atoms with Crippen LogP contribution in [0.15, 0.2) is 72.8 Å². The molecule has 402 valence electrons. The number of aromatic nitrogens is 6. The van der Waals surface area contributed by atoms with Crippen LogP contribution >= 0.6 is 0 Å². The second kappa shape index (κ2) is 23.3. The van der Waals surface area contributed by atoms with Crippen LogP contribution in [-0.4, -0.2) is 72.7 Å². The minimum absolute atomic E-state index is 0.111. The van der Waals surface area contributed by atoms with Crippen molar-refractivity contribution in [2.24, 2.45) is 23.7 Å². The summed E-state index contributed by atoms with van der Waals surface area (Å²) < 4.78 is 0. The molecule has 0 radical (unpaired) electrons. The molecule has 4 fully saturated rings. The molecule has 4 aromatic carbocycles. The van der Waals surface area contributed by atoms with Crippen LogP contribution in [0.5, 0.6) is 0 Å². The van der Waals surface area contributed by atoms with E-state index in [4.69, 9.17) is 29.9 Å². The van der Waals surface area contributed by atoms with Gasteiger partial charge in [0.1, 0.15) is 5.82 Å². The number of fused-ring (bicyclic) bond motifs is 4. The Morgan fingerprint density at radius 3 is 1.05 bits per heavy atom. The van der Waals surface area contributed by atoms with Crippen molar-refractivity contribution in [3.8, 4) is 11.1 Å². The van der Waals surface area contributed by atoms with Crippen molar-refractivity contribution in [3.05, 3.63) is 123 Å². The number of hydrogen-bond acceptors (Lipinski definition) is 15. The van der Waals surface area contributed by atoms with E-state index in [1.807, 2.05) is 0 Å². The lowest BCUT2D eigenvalue weighted by Gasteiger charge is -2.27. The van der Waals surface area contributed by atoms with E-state index in [2.05, 4.69) is 26.6 Å². The van der Waals surface area contributed by atoms with Crippen LogP contribution in [0.2, 0.25) is 0 Å². The van der Waals surface area contributed by atoms with Gasteiger partial charge in [-0.15, -0.1) is 0 Å². The van der Waals surface area contributed by atoms with Gasteiger partial charge < -0.3 is 26.6 Å². The lowest BCUT2D eigenvalue weighted by Crippen LogP contribution is -2.26. The van der Waals surface area contributed by atoms with Crippen molar-refractivity contribution in [1.29, 1.82) is 0 Å². The van der Waals surface area contributed by atoms with Crippen LogP contribution in [0.25, 0.3) is 11.1 Å². The molecular weight excluding hydrogens is 975 g/mol. The van der Waals surface area contributed by atoms with Crippen molar-refractivity contribution in [2.75, 3.05) is 46.2 Å². The highest BCUT2D eigenvalue weighted by molar-refractivity contribution is 6.35. The summed E-state index contributed by atoms with van der Waals surface area (Å²) in [6, 6.07) is 20.7. The van der Waals surface area contributed by atoms with Crippen molar-refractivity contribution in [2.45, 2.75) is 141 Å². The van der Waals surface area contributed by atoms with Crippen molar-refractivity contribution in [1.82, 2.24) is 29.9 Å². The van der Waals surface area contributed by atoms with E-state index in [9.17, 15) is 0 Å². The Hall–Kier alpha value is -7.42. The quantitative estimate of drug-likeness (QED) is 0.0575. The molecule has 15 heteroatoms. The summed E-state index contributed by atoms with van der Waals surface area (Å²) in [5.74, 6) is 3.18. The first-order chi connectivity index (χ1) is 38.3. The number of carbonyl (C=O) groups is 4. The molecule has 6 aromatic rings. The molecular formula is C63H71N11O4. The van der Waals surface area contributed by atoms with E-state index >= 15 is 19.2 Å². The molecule has 5 N–H and O–H groups in total. The number of carbonyl (C=O) groups excluding carboxylic acids is 4. The zero-order valence-electron chi connectivity index (χ0n) is 44.7. The van der Waals surface area contributed by atoms with Gasteiger partial charge in [0, 0.05) is 59.4 Å². The monoisotopic (exact) mass is 1050 g/mol. The number of rotatable bonds is 17. The molecule has 12 rings (SSSR count). The molecule has 0 unspecified atom stereocenters. The number of hydrogen-bond donors (Lipinski definition) is 5. The normalized spacial score (nSPS) is 18.2. The zero-order chi connectivity index (χ0) is 53.0. The van der Waals surface area contributed by atoms with Crippen molar-refractivity contribution >= 4 is 64.2 Å². The lowest BCUT2D eigenvalue weighted by molar-refractivity contribution is 0.0978. The first-order valence-electron chi connectivity index (χ1n) is 29.3. The predicted octanol–water partition coefficient (Wildman–Crippen LogP) is 13.3. The van der Waals surface area contributed by atoms with Gasteiger partial charge in [0.2, 0.25) is 29.7 Å². The molecule has 2 heterocycles. The summed E-state index contributed by atoms with van der Waals surface area (Å²) in [7, 11) is 0. The van der Waals surface area contributed by atoms with Gasteiger partial charge in [-0.2, -0.15) is 29.9 Å². The number of ketones is 4. The molecule has 0 spiro atoms. The van der Waals surface area contributed by atoms with E-state index in [1.54, 1.807) is 72.8 Å². The molecule has 0 atom stereocenters. The third-order valence-corrected chi connectivity index (χ3v) is 17.6. The average Bonchev–Trinajstić information content (AvgIpc) is 3.66. The number of aryl methyl sites for hydroxylation is 1. The van der Waals surface area contributed by atoms with Gasteiger partial charge in [0.25, 0.3) is 0 Å². The smallest absolute Gasteiger partial charge is 0.233 e. The van der Waals surface area contributed by atoms with Crippen molar-refractivity contribution < 1.29 is 19.2 Å². The number of nitrogens with one attached hydrogen (secondary N) is 5. The van der Waals surface area contributed by atoms with E-state index in [-0.39, 0.29) is 79.5 Å². The Morgan fingerprint density at radius 1 is 0.333 bits per heavy atom. The summed E-state index contributed by atoms with van der Waals surface area (Å²) in [6.07, 6.45) is 25.9.